The number of amides is 1. The van der Waals surface area contributed by atoms with Crippen LogP contribution >= 0.6 is 0 Å². The van der Waals surface area contributed by atoms with Crippen molar-refractivity contribution in [3.8, 4) is 0 Å². The molecule has 1 amide bonds. The minimum absolute atomic E-state index is 0.0131. The zero-order chi connectivity index (χ0) is 22.4. The van der Waals surface area contributed by atoms with Crippen LogP contribution in [0.1, 0.15) is 59.8 Å². The number of fused-ring (bicyclic) bond motifs is 2. The van der Waals surface area contributed by atoms with Crippen molar-refractivity contribution in [2.24, 2.45) is 0 Å². The van der Waals surface area contributed by atoms with Crippen LogP contribution in [-0.4, -0.2) is 25.0 Å². The van der Waals surface area contributed by atoms with E-state index in [2.05, 4.69) is 10.5 Å². The maximum absolute atomic E-state index is 13.4. The van der Waals surface area contributed by atoms with Gasteiger partial charge in [0.1, 0.15) is 22.5 Å². The first-order chi connectivity index (χ1) is 15.4. The van der Waals surface area contributed by atoms with Gasteiger partial charge >= 0.3 is 0 Å². The molecule has 1 aliphatic carbocycles. The summed E-state index contributed by atoms with van der Waals surface area (Å²) in [5.74, 6) is 0.315. The molecule has 0 radical (unpaired) electrons. The molecule has 1 saturated carbocycles. The Labute approximate surface area is 183 Å². The average molecular weight is 432 g/mol. The van der Waals surface area contributed by atoms with Crippen LogP contribution in [0, 0.1) is 19.3 Å². The van der Waals surface area contributed by atoms with Crippen molar-refractivity contribution < 1.29 is 9.32 Å². The molecule has 0 bridgehead atoms. The number of nitrogens with one attached hydrogen (secondary N) is 2. The summed E-state index contributed by atoms with van der Waals surface area (Å²) in [4.78, 5) is 31.3. The summed E-state index contributed by atoms with van der Waals surface area (Å²) in [7, 11) is 0. The average Bonchev–Trinajstić information content (AvgIpc) is 3.19. The molecular weight excluding hydrogens is 408 g/mol. The van der Waals surface area contributed by atoms with Crippen molar-refractivity contribution in [2.45, 2.75) is 52.0 Å². The molecule has 4 heterocycles. The zero-order valence-electron chi connectivity index (χ0n) is 18.0. The fourth-order valence-corrected chi connectivity index (χ4v) is 4.54. The van der Waals surface area contributed by atoms with Gasteiger partial charge in [0.25, 0.3) is 11.5 Å². The maximum Gasteiger partial charge on any atom is 0.267 e. The third kappa shape index (κ3) is 3.30. The summed E-state index contributed by atoms with van der Waals surface area (Å²) in [5, 5.41) is 15.7. The lowest BCUT2D eigenvalue weighted by atomic mass is 9.94. The van der Waals surface area contributed by atoms with Crippen molar-refractivity contribution in [2.75, 3.05) is 5.32 Å². The molecule has 4 aromatic rings. The van der Waals surface area contributed by atoms with E-state index in [1.165, 1.54) is 10.5 Å². The highest BCUT2D eigenvalue weighted by Crippen LogP contribution is 2.29. The normalized spacial score (nSPS) is 14.8. The van der Waals surface area contributed by atoms with Crippen LogP contribution in [0.4, 0.5) is 5.82 Å². The van der Waals surface area contributed by atoms with E-state index in [0.717, 1.165) is 37.7 Å². The number of pyridine rings is 2. The summed E-state index contributed by atoms with van der Waals surface area (Å²) in [5.41, 5.74) is 1.78. The van der Waals surface area contributed by atoms with Crippen LogP contribution in [0.5, 0.6) is 0 Å². The number of hydrogen-bond donors (Lipinski definition) is 2. The number of carbonyl (C=O) groups excluding carboxylic acids is 1. The predicted molar refractivity (Wildman–Crippen MR) is 119 cm³/mol. The molecule has 5 rings (SSSR count). The molecule has 164 valence electrons. The largest absolute Gasteiger partial charge is 0.360 e. The van der Waals surface area contributed by atoms with E-state index in [-0.39, 0.29) is 28.5 Å². The molecule has 4 aromatic heterocycles. The number of carbonyl (C=O) groups is 1. The first-order valence-electron chi connectivity index (χ1n) is 10.8. The summed E-state index contributed by atoms with van der Waals surface area (Å²) < 4.78 is 8.30. The van der Waals surface area contributed by atoms with E-state index < -0.39 is 5.91 Å². The third-order valence-corrected chi connectivity index (χ3v) is 6.13. The Kier molecular flexibility index (Phi) is 4.88. The minimum atomic E-state index is -0.511. The Morgan fingerprint density at radius 2 is 1.97 bits per heavy atom. The van der Waals surface area contributed by atoms with Crippen molar-refractivity contribution in [1.82, 2.24) is 19.1 Å². The van der Waals surface area contributed by atoms with Gasteiger partial charge in [-0.2, -0.15) is 0 Å². The van der Waals surface area contributed by atoms with Gasteiger partial charge in [0, 0.05) is 18.3 Å². The fourth-order valence-electron chi connectivity index (χ4n) is 4.54. The number of hydrogen-bond acceptors (Lipinski definition) is 6. The van der Waals surface area contributed by atoms with E-state index in [9.17, 15) is 9.59 Å². The molecule has 0 saturated heterocycles. The molecule has 0 aromatic carbocycles. The minimum Gasteiger partial charge on any atom is -0.360 e. The highest BCUT2D eigenvalue weighted by molar-refractivity contribution is 6.05. The first kappa shape index (κ1) is 20.2. The Balaban J connectivity index is 1.78. The van der Waals surface area contributed by atoms with Gasteiger partial charge in [0.05, 0.1) is 10.9 Å². The summed E-state index contributed by atoms with van der Waals surface area (Å²) in [6.45, 7) is 3.63. The van der Waals surface area contributed by atoms with Gasteiger partial charge in [-0.05, 0) is 44.4 Å². The van der Waals surface area contributed by atoms with Crippen LogP contribution in [0.15, 0.2) is 39.8 Å². The molecule has 1 fully saturated rings. The molecule has 0 unspecified atom stereocenters. The van der Waals surface area contributed by atoms with E-state index in [1.54, 1.807) is 29.8 Å². The summed E-state index contributed by atoms with van der Waals surface area (Å²) in [6, 6.07) is 6.79. The Hall–Kier alpha value is -3.75. The summed E-state index contributed by atoms with van der Waals surface area (Å²) in [6.07, 6.45) is 6.67. The van der Waals surface area contributed by atoms with Gasteiger partial charge in [-0.25, -0.2) is 4.98 Å². The second-order valence-corrected chi connectivity index (χ2v) is 8.38. The van der Waals surface area contributed by atoms with Gasteiger partial charge in [-0.1, -0.05) is 30.5 Å². The predicted octanol–water partition coefficient (Wildman–Crippen LogP) is 3.49. The van der Waals surface area contributed by atoms with E-state index in [1.807, 2.05) is 13.0 Å². The van der Waals surface area contributed by atoms with E-state index in [0.29, 0.717) is 22.4 Å². The topological polar surface area (TPSA) is 118 Å². The molecular formula is C23H24N6O3. The summed E-state index contributed by atoms with van der Waals surface area (Å²) >= 11 is 0. The number of nitrogens with zero attached hydrogens (tertiary/aromatic N) is 4. The van der Waals surface area contributed by atoms with Gasteiger partial charge in [0.15, 0.2) is 5.82 Å². The molecule has 0 atom stereocenters. The molecule has 1 aliphatic rings. The Morgan fingerprint density at radius 3 is 2.69 bits per heavy atom. The van der Waals surface area contributed by atoms with Crippen LogP contribution < -0.4 is 16.4 Å². The molecule has 32 heavy (non-hydrogen) atoms. The van der Waals surface area contributed by atoms with Crippen molar-refractivity contribution in [3.63, 3.8) is 0 Å². The smallest absolute Gasteiger partial charge is 0.267 e. The first-order valence-corrected chi connectivity index (χ1v) is 10.8. The number of anilines is 1. The number of aryl methyl sites for hydroxylation is 2. The van der Waals surface area contributed by atoms with Gasteiger partial charge in [0.2, 0.25) is 0 Å². The fraction of sp³-hybridized carbons (Fsp3) is 0.348. The lowest BCUT2D eigenvalue weighted by molar-refractivity contribution is 0.102. The zero-order valence-corrected chi connectivity index (χ0v) is 18.0. The second-order valence-electron chi connectivity index (χ2n) is 8.38. The molecule has 0 aliphatic heterocycles. The molecule has 2 N–H and O–H groups in total. The second kappa shape index (κ2) is 7.74. The highest BCUT2D eigenvalue weighted by atomic mass is 16.5. The lowest BCUT2D eigenvalue weighted by Gasteiger charge is -2.26. The molecule has 9 heteroatoms. The van der Waals surface area contributed by atoms with Crippen molar-refractivity contribution >= 4 is 28.4 Å². The quantitative estimate of drug-likeness (QED) is 0.481. The third-order valence-electron chi connectivity index (χ3n) is 6.13. The van der Waals surface area contributed by atoms with E-state index >= 15 is 0 Å². The molecule has 0 spiro atoms. The van der Waals surface area contributed by atoms with E-state index in [4.69, 9.17) is 14.9 Å². The standard InChI is InChI=1S/C23H24N6O3/c1-13-7-6-10-28-20(13)26-21-17(23(28)31)12-16(22(30)25-18-11-14(2)32-27-18)19(24)29(21)15-8-4-3-5-9-15/h6-7,10-12,15,24H,3-5,8-9H2,1-2H3,(H,25,27,30). The monoisotopic (exact) mass is 432 g/mol. The van der Waals surface area contributed by atoms with Crippen LogP contribution in [0.25, 0.3) is 16.7 Å². The SMILES string of the molecule is Cc1cc(NC(=O)c2cc3c(=O)n4cccc(C)c4nc3n(C3CCCCC3)c2=N)no1. The van der Waals surface area contributed by atoms with Gasteiger partial charge in [-0.15, -0.1) is 0 Å². The van der Waals surface area contributed by atoms with Crippen molar-refractivity contribution in [3.05, 3.63) is 63.2 Å². The number of aromatic nitrogens is 4. The highest BCUT2D eigenvalue weighted by Gasteiger charge is 2.24. The van der Waals surface area contributed by atoms with Gasteiger partial charge < -0.3 is 14.4 Å². The lowest BCUT2D eigenvalue weighted by Crippen LogP contribution is -2.35. The number of rotatable bonds is 3. The van der Waals surface area contributed by atoms with Gasteiger partial charge in [-0.3, -0.25) is 19.4 Å². The Bertz CT molecular complexity index is 1470. The molecule has 9 nitrogen and oxygen atoms in total. The van der Waals surface area contributed by atoms with Crippen LogP contribution in [0.2, 0.25) is 0 Å². The van der Waals surface area contributed by atoms with Crippen LogP contribution in [0.3, 0.4) is 0 Å². The Morgan fingerprint density at radius 1 is 1.19 bits per heavy atom. The van der Waals surface area contributed by atoms with Crippen molar-refractivity contribution in [1.29, 1.82) is 5.41 Å². The maximum atomic E-state index is 13.4. The van der Waals surface area contributed by atoms with Crippen LogP contribution in [-0.2, 0) is 0 Å².